The molecule has 1 heterocycles. The Bertz CT molecular complexity index is 971. The molecular formula is C18H16ClF3N4O3. The molecule has 0 aliphatic carbocycles. The van der Waals surface area contributed by atoms with Crippen LogP contribution in [-0.4, -0.2) is 41.4 Å². The molecule has 29 heavy (non-hydrogen) atoms. The summed E-state index contributed by atoms with van der Waals surface area (Å²) in [6.45, 7) is 0.418. The number of ether oxygens (including phenoxy) is 3. The summed E-state index contributed by atoms with van der Waals surface area (Å²) in [7, 11) is 1.50. The van der Waals surface area contributed by atoms with Gasteiger partial charge in [0.25, 0.3) is 0 Å². The molecule has 0 spiro atoms. The Morgan fingerprint density at radius 1 is 1.07 bits per heavy atom. The van der Waals surface area contributed by atoms with Gasteiger partial charge in [-0.3, -0.25) is 0 Å². The maximum absolute atomic E-state index is 12.3. The molecule has 154 valence electrons. The number of hydrogen-bond acceptors (Lipinski definition) is 7. The average molecular weight is 429 g/mol. The highest BCUT2D eigenvalue weighted by atomic mass is 35.5. The van der Waals surface area contributed by atoms with E-state index in [4.69, 9.17) is 21.1 Å². The fraction of sp³-hybridized carbons (Fsp3) is 0.278. The van der Waals surface area contributed by atoms with E-state index in [0.29, 0.717) is 52.8 Å². The normalized spacial score (nSPS) is 11.3. The lowest BCUT2D eigenvalue weighted by atomic mass is 10.2. The van der Waals surface area contributed by atoms with E-state index in [0.717, 1.165) is 0 Å². The van der Waals surface area contributed by atoms with Gasteiger partial charge in [0.05, 0.1) is 19.1 Å². The zero-order valence-electron chi connectivity index (χ0n) is 15.2. The number of halogens is 4. The summed E-state index contributed by atoms with van der Waals surface area (Å²) < 4.78 is 51.7. The zero-order chi connectivity index (χ0) is 20.9. The van der Waals surface area contributed by atoms with Gasteiger partial charge in [0.15, 0.2) is 17.3 Å². The number of nitrogens with zero attached hydrogens (tertiary/aromatic N) is 3. The lowest BCUT2D eigenvalue weighted by molar-refractivity contribution is -0.274. The average Bonchev–Trinajstić information content (AvgIpc) is 2.68. The molecule has 0 fully saturated rings. The molecule has 1 aromatic heterocycles. The van der Waals surface area contributed by atoms with Gasteiger partial charge in [-0.15, -0.1) is 35.0 Å². The van der Waals surface area contributed by atoms with Gasteiger partial charge in [-0.2, -0.15) is 0 Å². The molecule has 0 atom stereocenters. The predicted octanol–water partition coefficient (Wildman–Crippen LogP) is 4.68. The van der Waals surface area contributed by atoms with Crippen LogP contribution in [0.4, 0.5) is 24.7 Å². The second kappa shape index (κ2) is 8.99. The van der Waals surface area contributed by atoms with E-state index in [1.807, 2.05) is 0 Å². The van der Waals surface area contributed by atoms with Crippen LogP contribution in [-0.2, 0) is 0 Å². The molecule has 0 unspecified atom stereocenters. The fourth-order valence-electron chi connectivity index (χ4n) is 2.47. The number of nitrogens with one attached hydrogen (secondary N) is 1. The van der Waals surface area contributed by atoms with Crippen LogP contribution in [0.3, 0.4) is 0 Å². The highest BCUT2D eigenvalue weighted by Gasteiger charge is 2.30. The third kappa shape index (κ3) is 5.50. The number of alkyl halides is 4. The van der Waals surface area contributed by atoms with Crippen molar-refractivity contribution < 1.29 is 27.4 Å². The topological polar surface area (TPSA) is 78.4 Å². The minimum Gasteiger partial charge on any atom is -0.493 e. The van der Waals surface area contributed by atoms with E-state index >= 15 is 0 Å². The van der Waals surface area contributed by atoms with Gasteiger partial charge < -0.3 is 19.5 Å². The van der Waals surface area contributed by atoms with E-state index in [-0.39, 0.29) is 5.75 Å². The van der Waals surface area contributed by atoms with E-state index in [1.165, 1.54) is 31.4 Å². The highest BCUT2D eigenvalue weighted by Crippen LogP contribution is 2.34. The van der Waals surface area contributed by atoms with Gasteiger partial charge in [0.2, 0.25) is 0 Å². The molecular weight excluding hydrogens is 413 g/mol. The Hall–Kier alpha value is -3.01. The van der Waals surface area contributed by atoms with Crippen molar-refractivity contribution in [3.05, 3.63) is 36.4 Å². The maximum Gasteiger partial charge on any atom is 0.573 e. The van der Waals surface area contributed by atoms with Gasteiger partial charge in [-0.1, -0.05) is 0 Å². The summed E-state index contributed by atoms with van der Waals surface area (Å²) in [5, 5.41) is 15.3. The highest BCUT2D eigenvalue weighted by molar-refractivity contribution is 6.17. The molecule has 0 amide bonds. The SMILES string of the molecule is COc1cc2c(Nc3ccc(OC(F)(F)F)cc3)nnnc2cc1OCCCCl. The smallest absolute Gasteiger partial charge is 0.493 e. The Balaban J connectivity index is 1.86. The Morgan fingerprint density at radius 2 is 1.83 bits per heavy atom. The van der Waals surface area contributed by atoms with Crippen LogP contribution in [0.15, 0.2) is 36.4 Å². The summed E-state index contributed by atoms with van der Waals surface area (Å²) in [4.78, 5) is 0. The first-order valence-corrected chi connectivity index (χ1v) is 8.96. The van der Waals surface area contributed by atoms with Crippen LogP contribution >= 0.6 is 11.6 Å². The number of hydrogen-bond donors (Lipinski definition) is 1. The first kappa shape index (κ1) is 20.7. The van der Waals surface area contributed by atoms with Crippen LogP contribution in [0.1, 0.15) is 6.42 Å². The molecule has 1 N–H and O–H groups in total. The minimum absolute atomic E-state index is 0.325. The molecule has 0 saturated carbocycles. The summed E-state index contributed by atoms with van der Waals surface area (Å²) in [6.07, 6.45) is -4.08. The number of anilines is 2. The lowest BCUT2D eigenvalue weighted by Gasteiger charge is -2.13. The van der Waals surface area contributed by atoms with E-state index < -0.39 is 6.36 Å². The van der Waals surface area contributed by atoms with Crippen molar-refractivity contribution >= 4 is 34.0 Å². The summed E-state index contributed by atoms with van der Waals surface area (Å²) in [5.74, 6) is 1.46. The van der Waals surface area contributed by atoms with Gasteiger partial charge >= 0.3 is 6.36 Å². The van der Waals surface area contributed by atoms with Crippen LogP contribution in [0.5, 0.6) is 17.2 Å². The minimum atomic E-state index is -4.75. The quantitative estimate of drug-likeness (QED) is 0.412. The summed E-state index contributed by atoms with van der Waals surface area (Å²) >= 11 is 5.66. The molecule has 0 bridgehead atoms. The van der Waals surface area contributed by atoms with Crippen molar-refractivity contribution in [3.63, 3.8) is 0 Å². The van der Waals surface area contributed by atoms with Gasteiger partial charge in [0.1, 0.15) is 11.3 Å². The standard InChI is InChI=1S/C18H16ClF3N4O3/c1-27-15-9-13-14(10-16(15)28-8-2-7-19)24-26-25-17(13)23-11-3-5-12(6-4-11)29-18(20,21)22/h3-6,9-10H,2,7-8H2,1H3,(H,23,24,25). The number of methoxy groups -OCH3 is 1. The van der Waals surface area contributed by atoms with Gasteiger partial charge in [0, 0.05) is 17.6 Å². The molecule has 0 radical (unpaired) electrons. The molecule has 0 aliphatic heterocycles. The number of aromatic nitrogens is 3. The Labute approximate surface area is 168 Å². The molecule has 3 rings (SSSR count). The summed E-state index contributed by atoms with van der Waals surface area (Å²) in [6, 6.07) is 8.59. The third-order valence-corrected chi connectivity index (χ3v) is 3.99. The monoisotopic (exact) mass is 428 g/mol. The molecule has 3 aromatic rings. The number of benzene rings is 2. The molecule has 0 saturated heterocycles. The van der Waals surface area contributed by atoms with Crippen LogP contribution in [0.25, 0.3) is 10.9 Å². The molecule has 11 heteroatoms. The van der Waals surface area contributed by atoms with Crippen LogP contribution in [0, 0.1) is 0 Å². The van der Waals surface area contributed by atoms with Crippen molar-refractivity contribution in [2.75, 3.05) is 24.9 Å². The van der Waals surface area contributed by atoms with Crippen molar-refractivity contribution in [1.29, 1.82) is 0 Å². The maximum atomic E-state index is 12.3. The number of rotatable bonds is 8. The zero-order valence-corrected chi connectivity index (χ0v) is 15.9. The van der Waals surface area contributed by atoms with Crippen molar-refractivity contribution in [1.82, 2.24) is 15.4 Å². The largest absolute Gasteiger partial charge is 0.573 e. The van der Waals surface area contributed by atoms with Gasteiger partial charge in [-0.05, 0) is 42.0 Å². The van der Waals surface area contributed by atoms with E-state index in [2.05, 4.69) is 25.5 Å². The number of fused-ring (bicyclic) bond motifs is 1. The van der Waals surface area contributed by atoms with E-state index in [9.17, 15) is 13.2 Å². The molecule has 2 aromatic carbocycles. The third-order valence-electron chi connectivity index (χ3n) is 3.72. The second-order valence-corrected chi connectivity index (χ2v) is 6.12. The second-order valence-electron chi connectivity index (χ2n) is 5.75. The molecule has 7 nitrogen and oxygen atoms in total. The molecule has 0 aliphatic rings. The predicted molar refractivity (Wildman–Crippen MR) is 101 cm³/mol. The Morgan fingerprint density at radius 3 is 2.48 bits per heavy atom. The van der Waals surface area contributed by atoms with Crippen molar-refractivity contribution in [3.8, 4) is 17.2 Å². The lowest BCUT2D eigenvalue weighted by Crippen LogP contribution is -2.16. The van der Waals surface area contributed by atoms with Crippen LogP contribution in [0.2, 0.25) is 0 Å². The van der Waals surface area contributed by atoms with Crippen LogP contribution < -0.4 is 19.5 Å². The first-order valence-electron chi connectivity index (χ1n) is 8.42. The summed E-state index contributed by atoms with van der Waals surface area (Å²) in [5.41, 5.74) is 0.990. The van der Waals surface area contributed by atoms with E-state index in [1.54, 1.807) is 12.1 Å². The van der Waals surface area contributed by atoms with Crippen molar-refractivity contribution in [2.45, 2.75) is 12.8 Å². The fourth-order valence-corrected chi connectivity index (χ4v) is 2.58. The van der Waals surface area contributed by atoms with Crippen molar-refractivity contribution in [2.24, 2.45) is 0 Å². The Kier molecular flexibility index (Phi) is 6.42. The first-order chi connectivity index (χ1) is 13.9. The van der Waals surface area contributed by atoms with Gasteiger partial charge in [-0.25, -0.2) is 0 Å².